The molecule has 4 heteroatoms. The van der Waals surface area contributed by atoms with Crippen LogP contribution in [0.3, 0.4) is 0 Å². The number of aliphatic hydroxyl groups is 1. The number of likely N-dealkylation sites (N-methyl/N-ethyl adjacent to an activating group) is 2. The van der Waals surface area contributed by atoms with Gasteiger partial charge in [0.05, 0.1) is 12.6 Å². The Balaban J connectivity index is 2.61. The zero-order valence-corrected chi connectivity index (χ0v) is 6.24. The van der Waals surface area contributed by atoms with Crippen molar-refractivity contribution in [2.24, 2.45) is 0 Å². The maximum Gasteiger partial charge on any atom is 0.319 e. The van der Waals surface area contributed by atoms with Crippen molar-refractivity contribution in [3.63, 3.8) is 0 Å². The molecule has 0 spiro atoms. The monoisotopic (exact) mass is 144 g/mol. The molecule has 1 N–H and O–H groups in total. The van der Waals surface area contributed by atoms with E-state index in [-0.39, 0.29) is 18.7 Å². The second-order valence-electron chi connectivity index (χ2n) is 2.61. The molecule has 58 valence electrons. The molecule has 2 amide bonds. The van der Waals surface area contributed by atoms with Gasteiger partial charge in [-0.1, -0.05) is 0 Å². The normalized spacial score (nSPS) is 26.3. The molecule has 10 heavy (non-hydrogen) atoms. The lowest BCUT2D eigenvalue weighted by Crippen LogP contribution is -2.32. The van der Waals surface area contributed by atoms with Crippen LogP contribution in [0.25, 0.3) is 0 Å². The molecule has 1 heterocycles. The Hall–Kier alpha value is -0.770. The maximum atomic E-state index is 11.0. The molecule has 4 nitrogen and oxygen atoms in total. The highest BCUT2D eigenvalue weighted by molar-refractivity contribution is 5.76. The Kier molecular flexibility index (Phi) is 1.80. The number of amides is 2. The number of carbonyl (C=O) groups excluding carboxylic acids is 1. The number of hydrogen-bond donors (Lipinski definition) is 1. The van der Waals surface area contributed by atoms with E-state index in [0.717, 1.165) is 0 Å². The van der Waals surface area contributed by atoms with Gasteiger partial charge in [-0.25, -0.2) is 4.79 Å². The van der Waals surface area contributed by atoms with Gasteiger partial charge in [0.25, 0.3) is 0 Å². The van der Waals surface area contributed by atoms with Crippen LogP contribution in [0.15, 0.2) is 0 Å². The van der Waals surface area contributed by atoms with Gasteiger partial charge in [-0.2, -0.15) is 0 Å². The van der Waals surface area contributed by atoms with Gasteiger partial charge in [-0.15, -0.1) is 0 Å². The molecule has 0 aromatic carbocycles. The number of nitrogens with zero attached hydrogens (tertiary/aromatic N) is 2. The van der Waals surface area contributed by atoms with Crippen molar-refractivity contribution in [3.8, 4) is 0 Å². The average Bonchev–Trinajstić information content (AvgIpc) is 2.17. The molecule has 0 aromatic heterocycles. The fraction of sp³-hybridized carbons (Fsp3) is 0.833. The lowest BCUT2D eigenvalue weighted by atomic mass is 10.3. The van der Waals surface area contributed by atoms with Crippen molar-refractivity contribution in [2.75, 3.05) is 27.2 Å². The number of aliphatic hydroxyl groups excluding tert-OH is 1. The van der Waals surface area contributed by atoms with Crippen LogP contribution in [0, 0.1) is 0 Å². The fourth-order valence-electron chi connectivity index (χ4n) is 1.12. The van der Waals surface area contributed by atoms with Crippen molar-refractivity contribution in [1.29, 1.82) is 0 Å². The van der Waals surface area contributed by atoms with Gasteiger partial charge in [0.2, 0.25) is 0 Å². The molecule has 0 aliphatic carbocycles. The summed E-state index contributed by atoms with van der Waals surface area (Å²) >= 11 is 0. The summed E-state index contributed by atoms with van der Waals surface area (Å²) in [4.78, 5) is 14.2. The minimum Gasteiger partial charge on any atom is -0.394 e. The molecule has 1 atom stereocenters. The van der Waals surface area contributed by atoms with Crippen LogP contribution in [0.1, 0.15) is 0 Å². The third kappa shape index (κ3) is 0.945. The van der Waals surface area contributed by atoms with Gasteiger partial charge in [-0.05, 0) is 0 Å². The molecule has 1 rings (SSSR count). The third-order valence-electron chi connectivity index (χ3n) is 1.87. The van der Waals surface area contributed by atoms with E-state index in [9.17, 15) is 4.79 Å². The van der Waals surface area contributed by atoms with Gasteiger partial charge >= 0.3 is 6.03 Å². The van der Waals surface area contributed by atoms with Crippen molar-refractivity contribution >= 4 is 6.03 Å². The van der Waals surface area contributed by atoms with Crippen molar-refractivity contribution in [3.05, 3.63) is 0 Å². The standard InChI is InChI=1S/C6H12N2O2/c1-7-3-5(4-9)8(2)6(7)10/h5,9H,3-4H2,1-2H3. The van der Waals surface area contributed by atoms with Crippen molar-refractivity contribution in [1.82, 2.24) is 9.80 Å². The van der Waals surface area contributed by atoms with Gasteiger partial charge in [-0.3, -0.25) is 0 Å². The molecule has 1 fully saturated rings. The lowest BCUT2D eigenvalue weighted by Gasteiger charge is -2.13. The highest BCUT2D eigenvalue weighted by atomic mass is 16.3. The van der Waals surface area contributed by atoms with Crippen molar-refractivity contribution < 1.29 is 9.90 Å². The van der Waals surface area contributed by atoms with E-state index in [1.165, 1.54) is 0 Å². The topological polar surface area (TPSA) is 43.8 Å². The zero-order valence-electron chi connectivity index (χ0n) is 6.24. The first-order chi connectivity index (χ1) is 4.66. The van der Waals surface area contributed by atoms with Crippen LogP contribution in [-0.2, 0) is 0 Å². The summed E-state index contributed by atoms with van der Waals surface area (Å²) in [6.07, 6.45) is 0. The Labute approximate surface area is 60.0 Å². The summed E-state index contributed by atoms with van der Waals surface area (Å²) in [5.74, 6) is 0. The van der Waals surface area contributed by atoms with Gasteiger partial charge < -0.3 is 14.9 Å². The summed E-state index contributed by atoms with van der Waals surface area (Å²) in [6.45, 7) is 0.679. The van der Waals surface area contributed by atoms with E-state index in [4.69, 9.17) is 5.11 Å². The van der Waals surface area contributed by atoms with Gasteiger partial charge in [0.15, 0.2) is 0 Å². The quantitative estimate of drug-likeness (QED) is 0.531. The molecule has 1 aliphatic rings. The minimum atomic E-state index is -0.0162. The summed E-state index contributed by atoms with van der Waals surface area (Å²) < 4.78 is 0. The first-order valence-electron chi connectivity index (χ1n) is 3.25. The largest absolute Gasteiger partial charge is 0.394 e. The molecule has 0 radical (unpaired) electrons. The van der Waals surface area contributed by atoms with E-state index >= 15 is 0 Å². The smallest absolute Gasteiger partial charge is 0.319 e. The minimum absolute atomic E-state index is 0.0148. The molecular formula is C6H12N2O2. The summed E-state index contributed by atoms with van der Waals surface area (Å²) in [6, 6.07) is -0.0310. The Morgan fingerprint density at radius 1 is 1.70 bits per heavy atom. The van der Waals surface area contributed by atoms with E-state index < -0.39 is 0 Å². The summed E-state index contributed by atoms with van der Waals surface area (Å²) in [5, 5.41) is 8.75. The van der Waals surface area contributed by atoms with Crippen LogP contribution in [0.4, 0.5) is 4.79 Å². The van der Waals surface area contributed by atoms with Crippen LogP contribution in [-0.4, -0.2) is 54.2 Å². The summed E-state index contributed by atoms with van der Waals surface area (Å²) in [7, 11) is 3.43. The second kappa shape index (κ2) is 2.46. The molecule has 1 saturated heterocycles. The maximum absolute atomic E-state index is 11.0. The molecule has 1 aliphatic heterocycles. The lowest BCUT2D eigenvalue weighted by molar-refractivity contribution is 0.179. The highest BCUT2D eigenvalue weighted by Crippen LogP contribution is 2.10. The van der Waals surface area contributed by atoms with E-state index in [1.807, 2.05) is 0 Å². The number of hydrogen-bond acceptors (Lipinski definition) is 2. The molecule has 1 unspecified atom stereocenters. The van der Waals surface area contributed by atoms with E-state index in [2.05, 4.69) is 0 Å². The van der Waals surface area contributed by atoms with E-state index in [1.54, 1.807) is 23.9 Å². The Morgan fingerprint density at radius 2 is 2.30 bits per heavy atom. The highest BCUT2D eigenvalue weighted by Gasteiger charge is 2.30. The molecular weight excluding hydrogens is 132 g/mol. The second-order valence-corrected chi connectivity index (χ2v) is 2.61. The number of urea groups is 1. The van der Waals surface area contributed by atoms with Crippen LogP contribution >= 0.6 is 0 Å². The van der Waals surface area contributed by atoms with Crippen LogP contribution in [0.5, 0.6) is 0 Å². The molecule has 0 aromatic rings. The third-order valence-corrected chi connectivity index (χ3v) is 1.87. The van der Waals surface area contributed by atoms with E-state index in [0.29, 0.717) is 6.54 Å². The Bertz CT molecular complexity index is 149. The Morgan fingerprint density at radius 3 is 2.50 bits per heavy atom. The van der Waals surface area contributed by atoms with Gasteiger partial charge in [0, 0.05) is 20.6 Å². The van der Waals surface area contributed by atoms with Crippen LogP contribution < -0.4 is 0 Å². The molecule has 0 bridgehead atoms. The first kappa shape index (κ1) is 7.34. The average molecular weight is 144 g/mol. The van der Waals surface area contributed by atoms with Crippen LogP contribution in [0.2, 0.25) is 0 Å². The van der Waals surface area contributed by atoms with Gasteiger partial charge in [0.1, 0.15) is 0 Å². The van der Waals surface area contributed by atoms with Crippen molar-refractivity contribution in [2.45, 2.75) is 6.04 Å². The summed E-state index contributed by atoms with van der Waals surface area (Å²) in [5.41, 5.74) is 0. The number of rotatable bonds is 1. The SMILES string of the molecule is CN1CC(CO)N(C)C1=O. The first-order valence-corrected chi connectivity index (χ1v) is 3.25. The predicted octanol–water partition coefficient (Wildman–Crippen LogP) is -0.655. The number of carbonyl (C=O) groups is 1. The zero-order chi connectivity index (χ0) is 7.72. The predicted molar refractivity (Wildman–Crippen MR) is 36.7 cm³/mol. The fourth-order valence-corrected chi connectivity index (χ4v) is 1.12. The molecule has 0 saturated carbocycles.